The van der Waals surface area contributed by atoms with Crippen molar-refractivity contribution in [2.75, 3.05) is 11.1 Å². The van der Waals surface area contributed by atoms with Crippen LogP contribution in [0.5, 0.6) is 0 Å². The predicted octanol–water partition coefficient (Wildman–Crippen LogP) is 3.53. The molecule has 116 valence electrons. The molecule has 0 heterocycles. The Bertz CT molecular complexity index is 821. The molecule has 0 aromatic heterocycles. The number of nitrogens with one attached hydrogen (secondary N) is 1. The minimum absolute atomic E-state index is 0.0136. The maximum Gasteiger partial charge on any atom is 0.256 e. The van der Waals surface area contributed by atoms with Crippen LogP contribution in [0.25, 0.3) is 0 Å². The van der Waals surface area contributed by atoms with Gasteiger partial charge in [-0.2, -0.15) is 0 Å². The summed E-state index contributed by atoms with van der Waals surface area (Å²) >= 11 is 5.57. The number of anilines is 1. The summed E-state index contributed by atoms with van der Waals surface area (Å²) in [6.45, 7) is 1.50. The van der Waals surface area contributed by atoms with Crippen LogP contribution in [0.15, 0.2) is 47.4 Å². The van der Waals surface area contributed by atoms with Crippen molar-refractivity contribution in [3.63, 3.8) is 0 Å². The lowest BCUT2D eigenvalue weighted by Gasteiger charge is -2.10. The molecule has 2 aromatic rings. The van der Waals surface area contributed by atoms with Crippen molar-refractivity contribution >= 4 is 33.0 Å². The van der Waals surface area contributed by atoms with Gasteiger partial charge in [-0.3, -0.25) is 4.79 Å². The SMILES string of the molecule is CCS(=O)(=O)c1ccccc1C(=O)Nc1ccc(Cl)c(F)c1. The van der Waals surface area contributed by atoms with E-state index in [9.17, 15) is 17.6 Å². The molecular weight excluding hydrogens is 329 g/mol. The number of sulfone groups is 1. The number of hydrogen-bond acceptors (Lipinski definition) is 3. The number of amides is 1. The Morgan fingerprint density at radius 2 is 1.91 bits per heavy atom. The first-order valence-corrected chi connectivity index (χ1v) is 8.46. The molecule has 0 fully saturated rings. The summed E-state index contributed by atoms with van der Waals surface area (Å²) in [5, 5.41) is 2.40. The van der Waals surface area contributed by atoms with E-state index in [4.69, 9.17) is 11.6 Å². The zero-order valence-electron chi connectivity index (χ0n) is 11.6. The molecule has 7 heteroatoms. The zero-order valence-corrected chi connectivity index (χ0v) is 13.2. The Morgan fingerprint density at radius 3 is 2.55 bits per heavy atom. The molecule has 0 bridgehead atoms. The molecule has 22 heavy (non-hydrogen) atoms. The number of carbonyl (C=O) groups excluding carboxylic acids is 1. The largest absolute Gasteiger partial charge is 0.322 e. The van der Waals surface area contributed by atoms with Gasteiger partial charge in [0, 0.05) is 5.69 Å². The van der Waals surface area contributed by atoms with Gasteiger partial charge in [0.1, 0.15) is 5.82 Å². The highest BCUT2D eigenvalue weighted by atomic mass is 35.5. The van der Waals surface area contributed by atoms with Crippen LogP contribution in [0.2, 0.25) is 5.02 Å². The van der Waals surface area contributed by atoms with Gasteiger partial charge in [-0.1, -0.05) is 30.7 Å². The highest BCUT2D eigenvalue weighted by Gasteiger charge is 2.20. The third-order valence-electron chi connectivity index (χ3n) is 3.02. The van der Waals surface area contributed by atoms with Crippen LogP contribution >= 0.6 is 11.6 Å². The molecule has 0 unspecified atom stereocenters. The van der Waals surface area contributed by atoms with Gasteiger partial charge in [0.05, 0.1) is 21.2 Å². The van der Waals surface area contributed by atoms with Crippen LogP contribution in [-0.4, -0.2) is 20.1 Å². The molecule has 0 radical (unpaired) electrons. The molecule has 0 saturated heterocycles. The van der Waals surface area contributed by atoms with Gasteiger partial charge in [-0.15, -0.1) is 0 Å². The topological polar surface area (TPSA) is 63.2 Å². The molecule has 0 aliphatic carbocycles. The highest BCUT2D eigenvalue weighted by molar-refractivity contribution is 7.91. The smallest absolute Gasteiger partial charge is 0.256 e. The van der Waals surface area contributed by atoms with Gasteiger partial charge in [0.2, 0.25) is 0 Å². The number of rotatable bonds is 4. The van der Waals surface area contributed by atoms with Crippen LogP contribution in [0.4, 0.5) is 10.1 Å². The molecule has 0 aliphatic rings. The lowest BCUT2D eigenvalue weighted by Crippen LogP contribution is -2.17. The first-order valence-electron chi connectivity index (χ1n) is 6.43. The summed E-state index contributed by atoms with van der Waals surface area (Å²) in [7, 11) is -3.54. The molecule has 2 rings (SSSR count). The monoisotopic (exact) mass is 341 g/mol. The molecule has 0 aliphatic heterocycles. The van der Waals surface area contributed by atoms with Crippen LogP contribution in [0.3, 0.4) is 0 Å². The second kappa shape index (κ2) is 6.46. The van der Waals surface area contributed by atoms with Crippen molar-refractivity contribution in [3.8, 4) is 0 Å². The zero-order chi connectivity index (χ0) is 16.3. The van der Waals surface area contributed by atoms with Crippen molar-refractivity contribution in [1.29, 1.82) is 0 Å². The van der Waals surface area contributed by atoms with Crippen molar-refractivity contribution in [1.82, 2.24) is 0 Å². The molecule has 0 saturated carbocycles. The molecule has 1 N–H and O–H groups in total. The minimum atomic E-state index is -3.54. The lowest BCUT2D eigenvalue weighted by molar-refractivity contribution is 0.102. The van der Waals surface area contributed by atoms with Gasteiger partial charge in [-0.25, -0.2) is 12.8 Å². The summed E-state index contributed by atoms with van der Waals surface area (Å²) in [4.78, 5) is 12.2. The average Bonchev–Trinajstić information content (AvgIpc) is 2.51. The summed E-state index contributed by atoms with van der Waals surface area (Å²) in [5.41, 5.74) is 0.204. The normalized spacial score (nSPS) is 11.2. The maximum atomic E-state index is 13.4. The van der Waals surface area contributed by atoms with Gasteiger partial charge < -0.3 is 5.32 Å². The second-order valence-electron chi connectivity index (χ2n) is 4.48. The third kappa shape index (κ3) is 3.45. The van der Waals surface area contributed by atoms with E-state index in [1.54, 1.807) is 12.1 Å². The van der Waals surface area contributed by atoms with E-state index in [0.717, 1.165) is 6.07 Å². The van der Waals surface area contributed by atoms with E-state index in [1.165, 1.54) is 31.2 Å². The molecule has 4 nitrogen and oxygen atoms in total. The van der Waals surface area contributed by atoms with Gasteiger partial charge in [0.15, 0.2) is 9.84 Å². The summed E-state index contributed by atoms with van der Waals surface area (Å²) < 4.78 is 37.4. The number of carbonyl (C=O) groups is 1. The molecule has 0 atom stereocenters. The summed E-state index contributed by atoms with van der Waals surface area (Å²) in [5.74, 6) is -1.42. The first-order chi connectivity index (χ1) is 10.3. The first kappa shape index (κ1) is 16.5. The fourth-order valence-corrected chi connectivity index (χ4v) is 3.06. The van der Waals surface area contributed by atoms with E-state index in [2.05, 4.69) is 5.32 Å². The average molecular weight is 342 g/mol. The van der Waals surface area contributed by atoms with Gasteiger partial charge in [-0.05, 0) is 30.3 Å². The number of hydrogen-bond donors (Lipinski definition) is 1. The fourth-order valence-electron chi connectivity index (χ4n) is 1.85. The molecular formula is C15H13ClFNO3S. The Morgan fingerprint density at radius 1 is 1.23 bits per heavy atom. The fraction of sp³-hybridized carbons (Fsp3) is 0.133. The highest BCUT2D eigenvalue weighted by Crippen LogP contribution is 2.21. The van der Waals surface area contributed by atoms with E-state index >= 15 is 0 Å². The van der Waals surface area contributed by atoms with E-state index in [1.807, 2.05) is 0 Å². The number of benzene rings is 2. The Hall–Kier alpha value is -1.92. The standard InChI is InChI=1S/C15H13ClFNO3S/c1-2-22(20,21)14-6-4-3-5-11(14)15(19)18-10-7-8-12(16)13(17)9-10/h3-9H,2H2,1H3,(H,18,19). The van der Waals surface area contributed by atoms with E-state index in [0.29, 0.717) is 0 Å². The Kier molecular flexibility index (Phi) is 4.83. The quantitative estimate of drug-likeness (QED) is 0.925. The third-order valence-corrected chi connectivity index (χ3v) is 5.12. The van der Waals surface area contributed by atoms with Crippen molar-refractivity contribution in [2.45, 2.75) is 11.8 Å². The van der Waals surface area contributed by atoms with Crippen molar-refractivity contribution in [2.24, 2.45) is 0 Å². The van der Waals surface area contributed by atoms with Crippen LogP contribution in [0, 0.1) is 5.82 Å². The van der Waals surface area contributed by atoms with Crippen LogP contribution in [-0.2, 0) is 9.84 Å². The Balaban J connectivity index is 2.36. The minimum Gasteiger partial charge on any atom is -0.322 e. The van der Waals surface area contributed by atoms with Gasteiger partial charge in [0.25, 0.3) is 5.91 Å². The summed E-state index contributed by atoms with van der Waals surface area (Å²) in [6, 6.07) is 9.69. The van der Waals surface area contributed by atoms with Crippen molar-refractivity contribution < 1.29 is 17.6 Å². The molecule has 1 amide bonds. The second-order valence-corrected chi connectivity index (χ2v) is 7.14. The van der Waals surface area contributed by atoms with Crippen LogP contribution in [0.1, 0.15) is 17.3 Å². The molecule has 2 aromatic carbocycles. The maximum absolute atomic E-state index is 13.4. The lowest BCUT2D eigenvalue weighted by atomic mass is 10.2. The van der Waals surface area contributed by atoms with Crippen molar-refractivity contribution in [3.05, 3.63) is 58.9 Å². The Labute approximate surface area is 132 Å². The van der Waals surface area contributed by atoms with E-state index in [-0.39, 0.29) is 26.9 Å². The molecule has 0 spiro atoms. The van der Waals surface area contributed by atoms with E-state index < -0.39 is 21.6 Å². The van der Waals surface area contributed by atoms with Gasteiger partial charge >= 0.3 is 0 Å². The predicted molar refractivity (Wildman–Crippen MR) is 83.5 cm³/mol. The summed E-state index contributed by atoms with van der Waals surface area (Å²) in [6.07, 6.45) is 0. The number of halogens is 2. The van der Waals surface area contributed by atoms with Crippen LogP contribution < -0.4 is 5.32 Å².